The maximum absolute atomic E-state index is 15.5. The highest BCUT2D eigenvalue weighted by Crippen LogP contribution is 2.38. The zero-order valence-electron chi connectivity index (χ0n) is 15.1. The Morgan fingerprint density at radius 1 is 1.32 bits per heavy atom. The number of nitrogens with zero attached hydrogens (tertiary/aromatic N) is 2. The lowest BCUT2D eigenvalue weighted by molar-refractivity contribution is 0.0694. The van der Waals surface area contributed by atoms with E-state index in [2.05, 4.69) is 5.32 Å². The van der Waals surface area contributed by atoms with Gasteiger partial charge < -0.3 is 19.9 Å². The number of alkyl halides is 1. The smallest absolute Gasteiger partial charge is 0.341 e. The van der Waals surface area contributed by atoms with Crippen LogP contribution in [-0.2, 0) is 6.54 Å². The number of hydrogen-bond donors (Lipinski definition) is 2. The van der Waals surface area contributed by atoms with Crippen molar-refractivity contribution >= 4 is 22.6 Å². The van der Waals surface area contributed by atoms with Gasteiger partial charge in [0.25, 0.3) is 0 Å². The number of aromatic nitrogens is 1. The van der Waals surface area contributed by atoms with E-state index in [9.17, 15) is 23.5 Å². The van der Waals surface area contributed by atoms with E-state index in [-0.39, 0.29) is 23.3 Å². The molecular weight excluding hydrogens is 375 g/mol. The van der Waals surface area contributed by atoms with Gasteiger partial charge in [-0.1, -0.05) is 0 Å². The maximum atomic E-state index is 15.5. The Morgan fingerprint density at radius 2 is 2.07 bits per heavy atom. The first-order valence-corrected chi connectivity index (χ1v) is 9.21. The number of anilines is 1. The summed E-state index contributed by atoms with van der Waals surface area (Å²) in [5.41, 5.74) is -2.32. The topological polar surface area (TPSA) is 74.6 Å². The summed E-state index contributed by atoms with van der Waals surface area (Å²) in [5.74, 6) is -3.42. The average molecular weight is 395 g/mol. The molecule has 0 amide bonds. The van der Waals surface area contributed by atoms with Crippen LogP contribution in [-0.4, -0.2) is 47.5 Å². The molecule has 28 heavy (non-hydrogen) atoms. The molecule has 0 unspecified atom stereocenters. The van der Waals surface area contributed by atoms with Crippen LogP contribution < -0.4 is 15.6 Å². The molecule has 9 heteroatoms. The van der Waals surface area contributed by atoms with Crippen LogP contribution in [0.3, 0.4) is 0 Å². The average Bonchev–Trinajstić information content (AvgIpc) is 2.62. The Kier molecular flexibility index (Phi) is 4.57. The zero-order chi connectivity index (χ0) is 20.1. The largest absolute Gasteiger partial charge is 0.477 e. The fourth-order valence-corrected chi connectivity index (χ4v) is 4.27. The van der Waals surface area contributed by atoms with Gasteiger partial charge in [0.1, 0.15) is 23.7 Å². The van der Waals surface area contributed by atoms with E-state index >= 15 is 4.39 Å². The lowest BCUT2D eigenvalue weighted by Crippen LogP contribution is -2.64. The van der Waals surface area contributed by atoms with E-state index in [0.29, 0.717) is 19.6 Å². The molecule has 150 valence electrons. The second-order valence-electron chi connectivity index (χ2n) is 7.46. The summed E-state index contributed by atoms with van der Waals surface area (Å²) in [6, 6.07) is 0.868. The summed E-state index contributed by atoms with van der Waals surface area (Å²) in [6.07, 6.45) is 3.82. The third kappa shape index (κ3) is 2.85. The minimum atomic E-state index is -1.53. The number of halogens is 3. The van der Waals surface area contributed by atoms with Crippen LogP contribution in [0.5, 0.6) is 0 Å². The fraction of sp³-hybridized carbons (Fsp3) is 0.474. The Morgan fingerprint density at radius 3 is 2.68 bits per heavy atom. The number of aromatic carboxylic acids is 1. The number of fused-ring (bicyclic) bond motifs is 1. The first kappa shape index (κ1) is 18.8. The third-order valence-electron chi connectivity index (χ3n) is 5.79. The van der Waals surface area contributed by atoms with Crippen molar-refractivity contribution in [2.75, 3.05) is 31.2 Å². The molecular formula is C19H20F3N3O3. The quantitative estimate of drug-likeness (QED) is 0.831. The van der Waals surface area contributed by atoms with Gasteiger partial charge in [-0.15, -0.1) is 0 Å². The molecule has 6 nitrogen and oxygen atoms in total. The number of carbonyl (C=O) groups is 1. The predicted molar refractivity (Wildman–Crippen MR) is 97.9 cm³/mol. The van der Waals surface area contributed by atoms with Gasteiger partial charge in [-0.3, -0.25) is 4.79 Å². The first-order chi connectivity index (χ1) is 13.4. The molecule has 1 aliphatic heterocycles. The Hall–Kier alpha value is -2.55. The number of hydrogen-bond acceptors (Lipinski definition) is 4. The van der Waals surface area contributed by atoms with Crippen LogP contribution in [0, 0.1) is 11.6 Å². The summed E-state index contributed by atoms with van der Waals surface area (Å²) in [7, 11) is 0. The van der Waals surface area contributed by atoms with Crippen molar-refractivity contribution in [3.05, 3.63) is 39.7 Å². The molecule has 2 fully saturated rings. The number of benzene rings is 1. The lowest BCUT2D eigenvalue weighted by atomic mass is 9.75. The first-order valence-electron chi connectivity index (χ1n) is 9.21. The Balaban J connectivity index is 1.92. The second kappa shape index (κ2) is 6.80. The van der Waals surface area contributed by atoms with Crippen LogP contribution >= 0.6 is 0 Å². The molecule has 0 radical (unpaired) electrons. The van der Waals surface area contributed by atoms with E-state index in [4.69, 9.17) is 0 Å². The predicted octanol–water partition coefficient (Wildman–Crippen LogP) is 2.28. The van der Waals surface area contributed by atoms with Crippen molar-refractivity contribution < 1.29 is 23.1 Å². The van der Waals surface area contributed by atoms with Crippen molar-refractivity contribution in [3.63, 3.8) is 0 Å². The molecule has 0 bridgehead atoms. The van der Waals surface area contributed by atoms with Crippen LogP contribution in [0.15, 0.2) is 17.1 Å². The van der Waals surface area contributed by atoms with Crippen LogP contribution in [0.2, 0.25) is 0 Å². The highest BCUT2D eigenvalue weighted by atomic mass is 19.1. The summed E-state index contributed by atoms with van der Waals surface area (Å²) >= 11 is 0. The number of aryl methyl sites for hydroxylation is 1. The van der Waals surface area contributed by atoms with Gasteiger partial charge in [-0.2, -0.15) is 0 Å². The molecule has 2 heterocycles. The monoisotopic (exact) mass is 395 g/mol. The number of carboxylic acid groups (broad SMARTS) is 1. The molecule has 0 atom stereocenters. The molecule has 2 N–H and O–H groups in total. The van der Waals surface area contributed by atoms with Crippen molar-refractivity contribution in [1.82, 2.24) is 9.88 Å². The SMILES string of the molecule is O=C(O)c1cn(CCF)c2c(F)c(N3CCNC4(CCC4)C3)c(F)cc2c1=O. The van der Waals surface area contributed by atoms with E-state index in [0.717, 1.165) is 36.1 Å². The van der Waals surface area contributed by atoms with E-state index in [1.807, 2.05) is 0 Å². The summed E-state index contributed by atoms with van der Waals surface area (Å²) in [6.45, 7) is 0.172. The van der Waals surface area contributed by atoms with Crippen LogP contribution in [0.25, 0.3) is 10.9 Å². The number of piperazine rings is 1. The molecule has 1 saturated heterocycles. The number of rotatable bonds is 4. The van der Waals surface area contributed by atoms with Gasteiger partial charge in [0.15, 0.2) is 5.82 Å². The number of nitrogens with one attached hydrogen (secondary N) is 1. The van der Waals surface area contributed by atoms with Crippen molar-refractivity contribution in [1.29, 1.82) is 0 Å². The summed E-state index contributed by atoms with van der Waals surface area (Å²) in [5, 5.41) is 12.2. The number of pyridine rings is 1. The second-order valence-corrected chi connectivity index (χ2v) is 7.46. The van der Waals surface area contributed by atoms with Crippen LogP contribution in [0.4, 0.5) is 18.9 Å². The van der Waals surface area contributed by atoms with E-state index in [1.54, 1.807) is 4.90 Å². The van der Waals surface area contributed by atoms with Crippen molar-refractivity contribution in [2.24, 2.45) is 0 Å². The van der Waals surface area contributed by atoms with E-state index in [1.165, 1.54) is 0 Å². The molecule has 1 aliphatic carbocycles. The third-order valence-corrected chi connectivity index (χ3v) is 5.79. The zero-order valence-corrected chi connectivity index (χ0v) is 15.1. The molecule has 2 aromatic rings. The van der Waals surface area contributed by atoms with E-state index < -0.39 is 40.7 Å². The highest BCUT2D eigenvalue weighted by Gasteiger charge is 2.41. The van der Waals surface area contributed by atoms with Gasteiger partial charge in [0.2, 0.25) is 5.43 Å². The van der Waals surface area contributed by atoms with Crippen molar-refractivity contribution in [2.45, 2.75) is 31.3 Å². The minimum Gasteiger partial charge on any atom is -0.477 e. The Bertz CT molecular complexity index is 1020. The standard InChI is InChI=1S/C19H20F3N3O3/c20-4-6-24-9-12(18(27)28)17(26)11-8-13(21)16(14(22)15(11)24)25-7-5-23-19(10-25)2-1-3-19/h8-9,23H,1-7,10H2,(H,27,28). The molecule has 1 aromatic carbocycles. The minimum absolute atomic E-state index is 0.155. The van der Waals surface area contributed by atoms with Gasteiger partial charge in [-0.05, 0) is 25.3 Å². The molecule has 2 aliphatic rings. The highest BCUT2D eigenvalue weighted by molar-refractivity contribution is 5.93. The van der Waals surface area contributed by atoms with Gasteiger partial charge in [0.05, 0.1) is 17.4 Å². The maximum Gasteiger partial charge on any atom is 0.341 e. The van der Waals surface area contributed by atoms with Gasteiger partial charge in [-0.25, -0.2) is 18.0 Å². The normalized spacial score (nSPS) is 18.5. The lowest BCUT2D eigenvalue weighted by Gasteiger charge is -2.50. The van der Waals surface area contributed by atoms with Crippen molar-refractivity contribution in [3.8, 4) is 0 Å². The molecule has 4 rings (SSSR count). The van der Waals surface area contributed by atoms with Gasteiger partial charge in [0, 0.05) is 31.4 Å². The Labute approximate surface area is 158 Å². The number of carboxylic acids is 1. The fourth-order valence-electron chi connectivity index (χ4n) is 4.27. The molecule has 1 aromatic heterocycles. The van der Waals surface area contributed by atoms with Gasteiger partial charge >= 0.3 is 5.97 Å². The van der Waals surface area contributed by atoms with Crippen LogP contribution in [0.1, 0.15) is 29.6 Å². The summed E-state index contributed by atoms with van der Waals surface area (Å²) < 4.78 is 44.4. The molecule has 1 spiro atoms. The summed E-state index contributed by atoms with van der Waals surface area (Å²) in [4.78, 5) is 25.4. The molecule has 1 saturated carbocycles.